The predicted octanol–water partition coefficient (Wildman–Crippen LogP) is 4.57. The summed E-state index contributed by atoms with van der Waals surface area (Å²) < 4.78 is 6.92. The van der Waals surface area contributed by atoms with Crippen LogP contribution in [0.15, 0.2) is 33.7 Å². The van der Waals surface area contributed by atoms with Crippen LogP contribution in [0.1, 0.15) is 38.2 Å². The zero-order chi connectivity index (χ0) is 18.5. The maximum absolute atomic E-state index is 5.54. The Labute approximate surface area is 193 Å². The highest BCUT2D eigenvalue weighted by atomic mass is 127. The molecule has 27 heavy (non-hydrogen) atoms. The molecule has 3 rings (SSSR count). The average molecular weight is 568 g/mol. The van der Waals surface area contributed by atoms with E-state index in [1.807, 2.05) is 11.8 Å². The maximum atomic E-state index is 5.54. The molecule has 0 aromatic heterocycles. The molecule has 1 aromatic rings. The van der Waals surface area contributed by atoms with Gasteiger partial charge in [0.1, 0.15) is 0 Å². The minimum Gasteiger partial charge on any atom is -0.381 e. The second kappa shape index (κ2) is 10.7. The number of halogens is 2. The lowest BCUT2D eigenvalue weighted by Crippen LogP contribution is -2.43. The van der Waals surface area contributed by atoms with Crippen LogP contribution in [0.2, 0.25) is 0 Å². The van der Waals surface area contributed by atoms with Gasteiger partial charge in [0.25, 0.3) is 0 Å². The minimum absolute atomic E-state index is 0. The zero-order valence-electron chi connectivity index (χ0n) is 16.2. The van der Waals surface area contributed by atoms with Crippen molar-refractivity contribution in [2.45, 2.75) is 42.8 Å². The standard InChI is InChI=1S/C20H30BrN3OS.HI/c1-3-22-18(24-15-20(26-2)9-11-25-12-10-20)23-14-19(7-8-19)16-5-4-6-17(21)13-16;/h4-6,13H,3,7-12,14-15H2,1-2H3,(H2,22,23,24);1H. The molecule has 0 spiro atoms. The molecule has 1 aliphatic heterocycles. The van der Waals surface area contributed by atoms with E-state index in [9.17, 15) is 0 Å². The molecule has 2 N–H and O–H groups in total. The molecule has 4 nitrogen and oxygen atoms in total. The second-order valence-corrected chi connectivity index (χ2v) is 9.53. The summed E-state index contributed by atoms with van der Waals surface area (Å²) >= 11 is 5.54. The number of thioether (sulfide) groups is 1. The van der Waals surface area contributed by atoms with Gasteiger partial charge in [0, 0.05) is 40.9 Å². The number of ether oxygens (including phenoxy) is 1. The van der Waals surface area contributed by atoms with E-state index in [0.717, 1.165) is 56.1 Å². The fraction of sp³-hybridized carbons (Fsp3) is 0.650. The number of benzene rings is 1. The minimum atomic E-state index is 0. The van der Waals surface area contributed by atoms with Crippen LogP contribution in [0.5, 0.6) is 0 Å². The van der Waals surface area contributed by atoms with Gasteiger partial charge in [-0.15, -0.1) is 24.0 Å². The summed E-state index contributed by atoms with van der Waals surface area (Å²) in [5.74, 6) is 0.939. The van der Waals surface area contributed by atoms with E-state index in [2.05, 4.69) is 64.0 Å². The molecule has 1 heterocycles. The van der Waals surface area contributed by atoms with Crippen LogP contribution >= 0.6 is 51.7 Å². The monoisotopic (exact) mass is 567 g/mol. The van der Waals surface area contributed by atoms with Gasteiger partial charge in [-0.05, 0) is 56.6 Å². The largest absolute Gasteiger partial charge is 0.381 e. The number of aliphatic imine (C=N–C) groups is 1. The third-order valence-electron chi connectivity index (χ3n) is 5.59. The van der Waals surface area contributed by atoms with Crippen LogP contribution in [-0.4, -0.2) is 49.8 Å². The van der Waals surface area contributed by atoms with Crippen LogP contribution in [0.3, 0.4) is 0 Å². The molecule has 1 aromatic carbocycles. The highest BCUT2D eigenvalue weighted by molar-refractivity contribution is 14.0. The molecule has 2 fully saturated rings. The van der Waals surface area contributed by atoms with Crippen LogP contribution in [0, 0.1) is 0 Å². The van der Waals surface area contributed by atoms with Crippen molar-refractivity contribution < 1.29 is 4.74 Å². The summed E-state index contributed by atoms with van der Waals surface area (Å²) in [7, 11) is 0. The van der Waals surface area contributed by atoms with Crippen LogP contribution < -0.4 is 10.6 Å². The Balaban J connectivity index is 0.00000261. The quantitative estimate of drug-likeness (QED) is 0.288. The Bertz CT molecular complexity index is 633. The summed E-state index contributed by atoms with van der Waals surface area (Å²) in [5, 5.41) is 7.02. The van der Waals surface area contributed by atoms with E-state index in [1.165, 1.54) is 18.4 Å². The van der Waals surface area contributed by atoms with Crippen LogP contribution in [0.4, 0.5) is 0 Å². The number of hydrogen-bond acceptors (Lipinski definition) is 3. The van der Waals surface area contributed by atoms with Crippen molar-refractivity contribution in [3.8, 4) is 0 Å². The Morgan fingerprint density at radius 3 is 2.56 bits per heavy atom. The first-order valence-electron chi connectivity index (χ1n) is 9.53. The van der Waals surface area contributed by atoms with E-state index in [1.54, 1.807) is 0 Å². The van der Waals surface area contributed by atoms with Crippen molar-refractivity contribution in [1.29, 1.82) is 0 Å². The van der Waals surface area contributed by atoms with Crippen LogP contribution in [-0.2, 0) is 10.2 Å². The smallest absolute Gasteiger partial charge is 0.191 e. The van der Waals surface area contributed by atoms with Crippen molar-refractivity contribution in [3.63, 3.8) is 0 Å². The summed E-state index contributed by atoms with van der Waals surface area (Å²) in [6.07, 6.45) is 6.84. The molecule has 0 unspecified atom stereocenters. The molecule has 7 heteroatoms. The second-order valence-electron chi connectivity index (χ2n) is 7.34. The van der Waals surface area contributed by atoms with Gasteiger partial charge in [-0.25, -0.2) is 0 Å². The molecule has 1 saturated heterocycles. The van der Waals surface area contributed by atoms with E-state index >= 15 is 0 Å². The molecule has 0 amide bonds. The number of nitrogens with one attached hydrogen (secondary N) is 2. The first-order chi connectivity index (χ1) is 12.6. The highest BCUT2D eigenvalue weighted by Crippen LogP contribution is 2.48. The number of nitrogens with zero attached hydrogens (tertiary/aromatic N) is 1. The number of rotatable bonds is 7. The molecule has 0 radical (unpaired) electrons. The molecule has 0 bridgehead atoms. The summed E-state index contributed by atoms with van der Waals surface area (Å²) in [6.45, 7) is 6.49. The average Bonchev–Trinajstić information content (AvgIpc) is 3.46. The number of hydrogen-bond donors (Lipinski definition) is 2. The summed E-state index contributed by atoms with van der Waals surface area (Å²) in [4.78, 5) is 4.93. The summed E-state index contributed by atoms with van der Waals surface area (Å²) in [6, 6.07) is 8.72. The molecular weight excluding hydrogens is 537 g/mol. The molecule has 152 valence electrons. The van der Waals surface area contributed by atoms with Gasteiger partial charge in [0.15, 0.2) is 5.96 Å². The van der Waals surface area contributed by atoms with E-state index < -0.39 is 0 Å². The third-order valence-corrected chi connectivity index (χ3v) is 7.49. The van der Waals surface area contributed by atoms with Gasteiger partial charge >= 0.3 is 0 Å². The lowest BCUT2D eigenvalue weighted by molar-refractivity contribution is 0.0794. The number of guanidine groups is 1. The van der Waals surface area contributed by atoms with Crippen LogP contribution in [0.25, 0.3) is 0 Å². The van der Waals surface area contributed by atoms with Crippen molar-refractivity contribution in [2.24, 2.45) is 4.99 Å². The Hall–Kier alpha value is 0.01000. The van der Waals surface area contributed by atoms with Gasteiger partial charge in [-0.3, -0.25) is 4.99 Å². The fourth-order valence-electron chi connectivity index (χ4n) is 3.52. The molecular formula is C20H31BrIN3OS. The molecule has 1 aliphatic carbocycles. The van der Waals surface area contributed by atoms with Gasteiger partial charge in [-0.1, -0.05) is 28.1 Å². The highest BCUT2D eigenvalue weighted by Gasteiger charge is 2.44. The lowest BCUT2D eigenvalue weighted by atomic mass is 9.96. The fourth-order valence-corrected chi connectivity index (χ4v) is 4.69. The van der Waals surface area contributed by atoms with E-state index in [0.29, 0.717) is 0 Å². The van der Waals surface area contributed by atoms with Gasteiger partial charge < -0.3 is 15.4 Å². The SMILES string of the molecule is CCNC(=NCC1(SC)CCOCC1)NCC1(c2cccc(Br)c2)CC1.I. The van der Waals surface area contributed by atoms with Crippen molar-refractivity contribution in [2.75, 3.05) is 39.1 Å². The molecule has 2 aliphatic rings. The Morgan fingerprint density at radius 2 is 1.96 bits per heavy atom. The zero-order valence-corrected chi connectivity index (χ0v) is 21.0. The van der Waals surface area contributed by atoms with E-state index in [-0.39, 0.29) is 34.1 Å². The molecule has 1 saturated carbocycles. The maximum Gasteiger partial charge on any atom is 0.191 e. The third kappa shape index (κ3) is 6.24. The van der Waals surface area contributed by atoms with Gasteiger partial charge in [0.2, 0.25) is 0 Å². The van der Waals surface area contributed by atoms with Crippen molar-refractivity contribution in [3.05, 3.63) is 34.3 Å². The van der Waals surface area contributed by atoms with Gasteiger partial charge in [0.05, 0.1) is 6.54 Å². The molecule has 0 atom stereocenters. The first kappa shape index (κ1) is 23.3. The first-order valence-corrected chi connectivity index (χ1v) is 11.5. The van der Waals surface area contributed by atoms with Crippen molar-refractivity contribution >= 4 is 57.6 Å². The summed E-state index contributed by atoms with van der Waals surface area (Å²) in [5.41, 5.74) is 1.68. The topological polar surface area (TPSA) is 45.7 Å². The van der Waals surface area contributed by atoms with E-state index in [4.69, 9.17) is 9.73 Å². The Kier molecular flexibility index (Phi) is 9.22. The Morgan fingerprint density at radius 1 is 1.22 bits per heavy atom. The normalized spacial score (nSPS) is 20.5. The van der Waals surface area contributed by atoms with Gasteiger partial charge in [-0.2, -0.15) is 11.8 Å². The predicted molar refractivity (Wildman–Crippen MR) is 131 cm³/mol. The lowest BCUT2D eigenvalue weighted by Gasteiger charge is -2.34. The van der Waals surface area contributed by atoms with Crippen molar-refractivity contribution in [1.82, 2.24) is 10.6 Å².